The number of carbonyl (C=O) groups excluding carboxylic acids is 1. The SMILES string of the molecule is CC(=O)c1cc(Cc2ccc(C)cc2)nn1C. The van der Waals surface area contributed by atoms with Gasteiger partial charge in [0, 0.05) is 20.4 Å². The van der Waals surface area contributed by atoms with Gasteiger partial charge in [-0.15, -0.1) is 0 Å². The quantitative estimate of drug-likeness (QED) is 0.757. The number of hydrogen-bond acceptors (Lipinski definition) is 2. The molecule has 0 unspecified atom stereocenters. The van der Waals surface area contributed by atoms with Gasteiger partial charge >= 0.3 is 0 Å². The number of carbonyl (C=O) groups is 1. The van der Waals surface area contributed by atoms with E-state index in [0.717, 1.165) is 12.1 Å². The normalized spacial score (nSPS) is 10.5. The summed E-state index contributed by atoms with van der Waals surface area (Å²) in [5, 5.41) is 4.35. The molecular weight excluding hydrogens is 212 g/mol. The van der Waals surface area contributed by atoms with Gasteiger partial charge in [0.1, 0.15) is 5.69 Å². The predicted octanol–water partition coefficient (Wildman–Crippen LogP) is 2.52. The summed E-state index contributed by atoms with van der Waals surface area (Å²) in [5.41, 5.74) is 4.05. The Kier molecular flexibility index (Phi) is 3.09. The average Bonchev–Trinajstić information content (AvgIpc) is 2.63. The molecule has 0 radical (unpaired) electrons. The molecule has 0 amide bonds. The molecule has 0 saturated heterocycles. The molecule has 0 spiro atoms. The first kappa shape index (κ1) is 11.6. The van der Waals surface area contributed by atoms with Crippen molar-refractivity contribution in [3.05, 3.63) is 52.8 Å². The van der Waals surface area contributed by atoms with Crippen molar-refractivity contribution in [3.63, 3.8) is 0 Å². The van der Waals surface area contributed by atoms with E-state index in [1.165, 1.54) is 11.1 Å². The van der Waals surface area contributed by atoms with Gasteiger partial charge in [-0.3, -0.25) is 9.48 Å². The monoisotopic (exact) mass is 228 g/mol. The maximum atomic E-state index is 11.3. The molecule has 1 aromatic carbocycles. The first-order valence-electron chi connectivity index (χ1n) is 5.65. The number of rotatable bonds is 3. The molecule has 0 N–H and O–H groups in total. The molecule has 0 saturated carbocycles. The van der Waals surface area contributed by atoms with Crippen molar-refractivity contribution < 1.29 is 4.79 Å². The number of benzene rings is 1. The van der Waals surface area contributed by atoms with Crippen LogP contribution in [0.1, 0.15) is 34.2 Å². The van der Waals surface area contributed by atoms with E-state index < -0.39 is 0 Å². The zero-order chi connectivity index (χ0) is 12.4. The van der Waals surface area contributed by atoms with Gasteiger partial charge in [-0.25, -0.2) is 0 Å². The molecule has 2 aromatic rings. The Hall–Kier alpha value is -1.90. The van der Waals surface area contributed by atoms with E-state index >= 15 is 0 Å². The fraction of sp³-hybridized carbons (Fsp3) is 0.286. The molecule has 0 fully saturated rings. The van der Waals surface area contributed by atoms with E-state index in [0.29, 0.717) is 5.69 Å². The molecule has 1 aromatic heterocycles. The Morgan fingerprint density at radius 2 is 1.94 bits per heavy atom. The van der Waals surface area contributed by atoms with Crippen molar-refractivity contribution in [1.82, 2.24) is 9.78 Å². The third-order valence-corrected chi connectivity index (χ3v) is 2.80. The van der Waals surface area contributed by atoms with Crippen LogP contribution in [-0.2, 0) is 13.5 Å². The van der Waals surface area contributed by atoms with Crippen molar-refractivity contribution in [3.8, 4) is 0 Å². The number of nitrogens with zero attached hydrogens (tertiary/aromatic N) is 2. The smallest absolute Gasteiger partial charge is 0.177 e. The lowest BCUT2D eigenvalue weighted by atomic mass is 10.1. The van der Waals surface area contributed by atoms with Crippen LogP contribution in [-0.4, -0.2) is 15.6 Å². The molecule has 0 aliphatic rings. The predicted molar refractivity (Wildman–Crippen MR) is 67.2 cm³/mol. The minimum atomic E-state index is 0.0511. The maximum absolute atomic E-state index is 11.3. The lowest BCUT2D eigenvalue weighted by Crippen LogP contribution is -2.02. The van der Waals surface area contributed by atoms with E-state index in [1.54, 1.807) is 18.7 Å². The van der Waals surface area contributed by atoms with Crippen LogP contribution < -0.4 is 0 Å². The van der Waals surface area contributed by atoms with E-state index in [9.17, 15) is 4.79 Å². The molecular formula is C14H16N2O. The maximum Gasteiger partial charge on any atom is 0.177 e. The Morgan fingerprint density at radius 3 is 2.47 bits per heavy atom. The van der Waals surface area contributed by atoms with Crippen molar-refractivity contribution in [2.75, 3.05) is 0 Å². The molecule has 2 rings (SSSR count). The van der Waals surface area contributed by atoms with Crippen molar-refractivity contribution >= 4 is 5.78 Å². The Labute approximate surface area is 101 Å². The van der Waals surface area contributed by atoms with Crippen LogP contribution in [0.5, 0.6) is 0 Å². The minimum Gasteiger partial charge on any atom is -0.293 e. The van der Waals surface area contributed by atoms with Gasteiger partial charge in [0.05, 0.1) is 5.69 Å². The molecule has 88 valence electrons. The highest BCUT2D eigenvalue weighted by Gasteiger charge is 2.09. The van der Waals surface area contributed by atoms with E-state index in [1.807, 2.05) is 6.07 Å². The van der Waals surface area contributed by atoms with Crippen LogP contribution in [0, 0.1) is 6.92 Å². The van der Waals surface area contributed by atoms with Gasteiger partial charge in [-0.2, -0.15) is 5.10 Å². The second-order valence-electron chi connectivity index (χ2n) is 4.36. The standard InChI is InChI=1S/C14H16N2O/c1-10-4-6-12(7-5-10)8-13-9-14(11(2)17)16(3)15-13/h4-7,9H,8H2,1-3H3. The first-order valence-corrected chi connectivity index (χ1v) is 5.65. The number of aromatic nitrogens is 2. The van der Waals surface area contributed by atoms with Crippen LogP contribution >= 0.6 is 0 Å². The first-order chi connectivity index (χ1) is 8.06. The zero-order valence-electron chi connectivity index (χ0n) is 10.4. The van der Waals surface area contributed by atoms with Crippen LogP contribution in [0.25, 0.3) is 0 Å². The largest absolute Gasteiger partial charge is 0.293 e. The topological polar surface area (TPSA) is 34.9 Å². The number of aryl methyl sites for hydroxylation is 2. The Morgan fingerprint density at radius 1 is 1.29 bits per heavy atom. The van der Waals surface area contributed by atoms with Gasteiger partial charge in [0.25, 0.3) is 0 Å². The fourth-order valence-electron chi connectivity index (χ4n) is 1.86. The summed E-state index contributed by atoms with van der Waals surface area (Å²) >= 11 is 0. The molecule has 1 heterocycles. The third-order valence-electron chi connectivity index (χ3n) is 2.80. The molecule has 3 heteroatoms. The summed E-state index contributed by atoms with van der Waals surface area (Å²) in [6.45, 7) is 3.63. The van der Waals surface area contributed by atoms with Crippen molar-refractivity contribution in [2.45, 2.75) is 20.3 Å². The Balaban J connectivity index is 2.22. The highest BCUT2D eigenvalue weighted by atomic mass is 16.1. The second kappa shape index (κ2) is 4.53. The molecule has 0 aliphatic heterocycles. The van der Waals surface area contributed by atoms with Gasteiger partial charge in [-0.1, -0.05) is 29.8 Å². The summed E-state index contributed by atoms with van der Waals surface area (Å²) < 4.78 is 1.64. The van der Waals surface area contributed by atoms with Crippen LogP contribution in [0.3, 0.4) is 0 Å². The highest BCUT2D eigenvalue weighted by Crippen LogP contribution is 2.11. The van der Waals surface area contributed by atoms with Gasteiger partial charge in [-0.05, 0) is 18.6 Å². The van der Waals surface area contributed by atoms with E-state index in [2.05, 4.69) is 36.3 Å². The zero-order valence-corrected chi connectivity index (χ0v) is 10.4. The Bertz CT molecular complexity index is 538. The van der Waals surface area contributed by atoms with Crippen molar-refractivity contribution in [2.24, 2.45) is 7.05 Å². The molecule has 0 bridgehead atoms. The lowest BCUT2D eigenvalue weighted by molar-refractivity contribution is 0.100. The second-order valence-corrected chi connectivity index (χ2v) is 4.36. The van der Waals surface area contributed by atoms with Gasteiger partial charge < -0.3 is 0 Å². The average molecular weight is 228 g/mol. The number of hydrogen-bond donors (Lipinski definition) is 0. The summed E-state index contributed by atoms with van der Waals surface area (Å²) in [6.07, 6.45) is 0.765. The lowest BCUT2D eigenvalue weighted by Gasteiger charge is -1.98. The summed E-state index contributed by atoms with van der Waals surface area (Å²) in [5.74, 6) is 0.0511. The van der Waals surface area contributed by atoms with Crippen LogP contribution in [0.15, 0.2) is 30.3 Å². The summed E-state index contributed by atoms with van der Waals surface area (Å²) in [6, 6.07) is 10.2. The van der Waals surface area contributed by atoms with E-state index in [4.69, 9.17) is 0 Å². The summed E-state index contributed by atoms with van der Waals surface area (Å²) in [7, 11) is 1.80. The summed E-state index contributed by atoms with van der Waals surface area (Å²) in [4.78, 5) is 11.3. The van der Waals surface area contributed by atoms with E-state index in [-0.39, 0.29) is 5.78 Å². The molecule has 0 aliphatic carbocycles. The third kappa shape index (κ3) is 2.61. The molecule has 17 heavy (non-hydrogen) atoms. The molecule has 0 atom stereocenters. The number of ketones is 1. The molecule has 3 nitrogen and oxygen atoms in total. The van der Waals surface area contributed by atoms with Crippen molar-refractivity contribution in [1.29, 1.82) is 0 Å². The van der Waals surface area contributed by atoms with Crippen LogP contribution in [0.4, 0.5) is 0 Å². The fourth-order valence-corrected chi connectivity index (χ4v) is 1.86. The highest BCUT2D eigenvalue weighted by molar-refractivity contribution is 5.92. The van der Waals surface area contributed by atoms with Gasteiger partial charge in [0.15, 0.2) is 5.78 Å². The van der Waals surface area contributed by atoms with Gasteiger partial charge in [0.2, 0.25) is 0 Å². The number of Topliss-reactive ketones (excluding diaryl/α,β-unsaturated/α-hetero) is 1. The minimum absolute atomic E-state index is 0.0511. The van der Waals surface area contributed by atoms with Crippen LogP contribution in [0.2, 0.25) is 0 Å².